The van der Waals surface area contributed by atoms with Crippen LogP contribution in [-0.2, 0) is 17.7 Å². The number of thiocarbonyl (C=S) groups is 1. The Kier molecular flexibility index (Phi) is 9.40. The molecule has 2 aromatic rings. The van der Waals surface area contributed by atoms with Gasteiger partial charge in [0.2, 0.25) is 0 Å². The molecular weight excluding hydrogens is 430 g/mol. The Hall–Kier alpha value is -1.86. The van der Waals surface area contributed by atoms with Gasteiger partial charge in [0.05, 0.1) is 25.3 Å². The van der Waals surface area contributed by atoms with Gasteiger partial charge in [0.15, 0.2) is 5.11 Å². The molecule has 1 N–H and O–H groups in total. The van der Waals surface area contributed by atoms with E-state index in [9.17, 15) is 0 Å². The van der Waals surface area contributed by atoms with Crippen LogP contribution in [0.5, 0.6) is 5.75 Å². The molecule has 1 heterocycles. The van der Waals surface area contributed by atoms with Crippen molar-refractivity contribution in [1.82, 2.24) is 9.80 Å². The fourth-order valence-corrected chi connectivity index (χ4v) is 4.14. The number of ether oxygens (including phenoxy) is 2. The highest BCUT2D eigenvalue weighted by Crippen LogP contribution is 2.27. The molecule has 0 saturated carbocycles. The molecular formula is C24H32ClN3O2S. The van der Waals surface area contributed by atoms with Gasteiger partial charge < -0.3 is 19.7 Å². The Morgan fingerprint density at radius 1 is 1.16 bits per heavy atom. The summed E-state index contributed by atoms with van der Waals surface area (Å²) in [6, 6.07) is 14.4. The Labute approximate surface area is 196 Å². The largest absolute Gasteiger partial charge is 0.495 e. The molecule has 2 aromatic carbocycles. The molecule has 3 rings (SSSR count). The molecule has 0 atom stereocenters. The lowest BCUT2D eigenvalue weighted by Gasteiger charge is -2.30. The summed E-state index contributed by atoms with van der Waals surface area (Å²) in [6.07, 6.45) is 2.08. The minimum Gasteiger partial charge on any atom is -0.495 e. The fourth-order valence-electron chi connectivity index (χ4n) is 3.61. The van der Waals surface area contributed by atoms with Crippen LogP contribution in [0.2, 0.25) is 5.02 Å². The Balaban J connectivity index is 1.65. The van der Waals surface area contributed by atoms with E-state index in [1.165, 1.54) is 11.1 Å². The summed E-state index contributed by atoms with van der Waals surface area (Å²) in [5, 5.41) is 4.61. The van der Waals surface area contributed by atoms with Crippen molar-refractivity contribution < 1.29 is 9.47 Å². The molecule has 0 unspecified atom stereocenters. The number of morpholine rings is 1. The average Bonchev–Trinajstić information content (AvgIpc) is 2.79. The van der Waals surface area contributed by atoms with E-state index in [-0.39, 0.29) is 0 Å². The first-order valence-corrected chi connectivity index (χ1v) is 11.6. The number of aryl methyl sites for hydroxylation is 1. The summed E-state index contributed by atoms with van der Waals surface area (Å²) in [5.74, 6) is 0.650. The highest BCUT2D eigenvalue weighted by Gasteiger charge is 2.14. The van der Waals surface area contributed by atoms with Crippen LogP contribution in [0.4, 0.5) is 5.69 Å². The first kappa shape index (κ1) is 23.8. The third-order valence-corrected chi connectivity index (χ3v) is 6.16. The second kappa shape index (κ2) is 12.2. The van der Waals surface area contributed by atoms with Crippen molar-refractivity contribution in [3.05, 3.63) is 58.6 Å². The van der Waals surface area contributed by atoms with Crippen LogP contribution in [0.25, 0.3) is 0 Å². The number of rotatable bonds is 9. The molecule has 0 bridgehead atoms. The number of hydrogen-bond donors (Lipinski definition) is 1. The van der Waals surface area contributed by atoms with E-state index >= 15 is 0 Å². The fraction of sp³-hybridized carbons (Fsp3) is 0.458. The zero-order valence-corrected chi connectivity index (χ0v) is 20.0. The molecule has 7 heteroatoms. The van der Waals surface area contributed by atoms with Crippen LogP contribution < -0.4 is 10.1 Å². The van der Waals surface area contributed by atoms with E-state index in [4.69, 9.17) is 33.3 Å². The lowest BCUT2D eigenvalue weighted by molar-refractivity contribution is 0.0368. The quantitative estimate of drug-likeness (QED) is 0.539. The van der Waals surface area contributed by atoms with Crippen LogP contribution >= 0.6 is 23.8 Å². The summed E-state index contributed by atoms with van der Waals surface area (Å²) in [5.41, 5.74) is 3.45. The van der Waals surface area contributed by atoms with Crippen LogP contribution in [0, 0.1) is 0 Å². The van der Waals surface area contributed by atoms with Gasteiger partial charge in [-0.1, -0.05) is 42.8 Å². The van der Waals surface area contributed by atoms with E-state index in [0.717, 1.165) is 64.5 Å². The second-order valence-electron chi connectivity index (χ2n) is 7.68. The van der Waals surface area contributed by atoms with Crippen molar-refractivity contribution >= 4 is 34.6 Å². The zero-order valence-electron chi connectivity index (χ0n) is 18.4. The van der Waals surface area contributed by atoms with Crippen molar-refractivity contribution in [1.29, 1.82) is 0 Å². The zero-order chi connectivity index (χ0) is 22.1. The molecule has 1 aliphatic heterocycles. The summed E-state index contributed by atoms with van der Waals surface area (Å²) in [6.45, 7) is 8.53. The van der Waals surface area contributed by atoms with E-state index in [1.54, 1.807) is 7.11 Å². The van der Waals surface area contributed by atoms with Crippen molar-refractivity contribution in [2.24, 2.45) is 0 Å². The van der Waals surface area contributed by atoms with Crippen LogP contribution in [0.1, 0.15) is 24.5 Å². The van der Waals surface area contributed by atoms with Crippen molar-refractivity contribution in [2.75, 3.05) is 51.8 Å². The Morgan fingerprint density at radius 3 is 2.52 bits per heavy atom. The van der Waals surface area contributed by atoms with Gasteiger partial charge in [-0.2, -0.15) is 0 Å². The summed E-state index contributed by atoms with van der Waals surface area (Å²) in [4.78, 5) is 4.69. The molecule has 1 aliphatic rings. The van der Waals surface area contributed by atoms with Crippen molar-refractivity contribution in [3.63, 3.8) is 0 Å². The van der Waals surface area contributed by atoms with Gasteiger partial charge in [0, 0.05) is 38.4 Å². The van der Waals surface area contributed by atoms with E-state index in [1.807, 2.05) is 18.2 Å². The number of halogens is 1. The first-order chi connectivity index (χ1) is 15.1. The van der Waals surface area contributed by atoms with E-state index < -0.39 is 0 Å². The highest BCUT2D eigenvalue weighted by atomic mass is 35.5. The summed E-state index contributed by atoms with van der Waals surface area (Å²) >= 11 is 12.1. The van der Waals surface area contributed by atoms with Gasteiger partial charge in [0.1, 0.15) is 5.75 Å². The standard InChI is InChI=1S/C24H32ClN3O2S/c1-3-19-5-7-20(8-6-19)18-28(12-4-11-27-13-15-30-16-14-27)24(31)26-21-9-10-23(29-2)22(25)17-21/h5-10,17H,3-4,11-16,18H2,1-2H3,(H,26,31). The molecule has 31 heavy (non-hydrogen) atoms. The lowest BCUT2D eigenvalue weighted by atomic mass is 10.1. The number of nitrogens with one attached hydrogen (secondary N) is 1. The van der Waals surface area contributed by atoms with Gasteiger partial charge in [-0.05, 0) is 54.4 Å². The number of methoxy groups -OCH3 is 1. The maximum atomic E-state index is 6.28. The molecule has 0 spiro atoms. The van der Waals surface area contributed by atoms with Crippen molar-refractivity contribution in [3.8, 4) is 5.75 Å². The predicted molar refractivity (Wildman–Crippen MR) is 132 cm³/mol. The average molecular weight is 462 g/mol. The van der Waals surface area contributed by atoms with Gasteiger partial charge in [-0.3, -0.25) is 4.90 Å². The number of nitrogens with zero attached hydrogens (tertiary/aromatic N) is 2. The Bertz CT molecular complexity index is 841. The summed E-state index contributed by atoms with van der Waals surface area (Å²) in [7, 11) is 1.61. The van der Waals surface area contributed by atoms with Gasteiger partial charge >= 0.3 is 0 Å². The third kappa shape index (κ3) is 7.35. The maximum absolute atomic E-state index is 6.28. The Morgan fingerprint density at radius 2 is 1.87 bits per heavy atom. The molecule has 0 aliphatic carbocycles. The molecule has 1 saturated heterocycles. The SMILES string of the molecule is CCc1ccc(CN(CCCN2CCOCC2)C(=S)Nc2ccc(OC)c(Cl)c2)cc1. The highest BCUT2D eigenvalue weighted by molar-refractivity contribution is 7.80. The molecule has 5 nitrogen and oxygen atoms in total. The maximum Gasteiger partial charge on any atom is 0.173 e. The normalized spacial score (nSPS) is 14.3. The number of hydrogen-bond acceptors (Lipinski definition) is 4. The minimum absolute atomic E-state index is 0.560. The predicted octanol–water partition coefficient (Wildman–Crippen LogP) is 4.83. The number of benzene rings is 2. The topological polar surface area (TPSA) is 37.0 Å². The molecule has 168 valence electrons. The van der Waals surface area contributed by atoms with Gasteiger partial charge in [0.25, 0.3) is 0 Å². The molecule has 0 radical (unpaired) electrons. The van der Waals surface area contributed by atoms with Crippen LogP contribution in [0.3, 0.4) is 0 Å². The molecule has 0 amide bonds. The first-order valence-electron chi connectivity index (χ1n) is 10.9. The summed E-state index contributed by atoms with van der Waals surface area (Å²) < 4.78 is 10.7. The van der Waals surface area contributed by atoms with E-state index in [0.29, 0.717) is 15.9 Å². The van der Waals surface area contributed by atoms with Crippen LogP contribution in [0.15, 0.2) is 42.5 Å². The lowest BCUT2D eigenvalue weighted by Crippen LogP contribution is -2.40. The molecule has 1 fully saturated rings. The van der Waals surface area contributed by atoms with Crippen molar-refractivity contribution in [2.45, 2.75) is 26.3 Å². The van der Waals surface area contributed by atoms with Gasteiger partial charge in [-0.25, -0.2) is 0 Å². The van der Waals surface area contributed by atoms with Crippen LogP contribution in [-0.4, -0.2) is 61.4 Å². The third-order valence-electron chi connectivity index (χ3n) is 5.50. The van der Waals surface area contributed by atoms with E-state index in [2.05, 4.69) is 46.3 Å². The molecule has 0 aromatic heterocycles. The smallest absolute Gasteiger partial charge is 0.173 e. The minimum atomic E-state index is 0.560. The monoisotopic (exact) mass is 461 g/mol. The second-order valence-corrected chi connectivity index (χ2v) is 8.47. The van der Waals surface area contributed by atoms with Gasteiger partial charge in [-0.15, -0.1) is 0 Å². The number of anilines is 1.